The third-order valence-corrected chi connectivity index (χ3v) is 4.86. The molecule has 0 unspecified atom stereocenters. The molecule has 0 aromatic heterocycles. The maximum Gasteiger partial charge on any atom is 0.238 e. The number of anilines is 1. The molecular formula is C14H16N2O2S2. The first-order valence-electron chi connectivity index (χ1n) is 5.97. The van der Waals surface area contributed by atoms with Crippen LogP contribution in [0.3, 0.4) is 0 Å². The average Bonchev–Trinajstić information content (AvgIpc) is 2.36. The van der Waals surface area contributed by atoms with Crippen LogP contribution < -0.4 is 10.9 Å². The molecule has 0 aliphatic rings. The Morgan fingerprint density at radius 1 is 1.15 bits per heavy atom. The van der Waals surface area contributed by atoms with Crippen LogP contribution >= 0.6 is 11.8 Å². The second-order valence-corrected chi connectivity index (χ2v) is 7.10. The second-order valence-electron chi connectivity index (χ2n) is 4.52. The molecule has 0 fully saturated rings. The Labute approximate surface area is 123 Å². The van der Waals surface area contributed by atoms with Crippen molar-refractivity contribution in [1.82, 2.24) is 0 Å². The normalized spacial score (nSPS) is 11.5. The molecule has 0 spiro atoms. The van der Waals surface area contributed by atoms with Crippen LogP contribution in [0, 0.1) is 6.92 Å². The zero-order valence-corrected chi connectivity index (χ0v) is 12.7. The van der Waals surface area contributed by atoms with Gasteiger partial charge in [-0.15, -0.1) is 11.8 Å². The SMILES string of the molecule is Cc1cccc(CSc2ccc(S(N)(=O)=O)cc2N)c1. The molecule has 20 heavy (non-hydrogen) atoms. The van der Waals surface area contributed by atoms with Crippen LogP contribution in [0.2, 0.25) is 0 Å². The van der Waals surface area contributed by atoms with E-state index in [0.717, 1.165) is 10.6 Å². The lowest BCUT2D eigenvalue weighted by atomic mass is 10.2. The summed E-state index contributed by atoms with van der Waals surface area (Å²) in [4.78, 5) is 0.883. The Balaban J connectivity index is 2.15. The van der Waals surface area contributed by atoms with E-state index in [-0.39, 0.29) is 4.90 Å². The third-order valence-electron chi connectivity index (χ3n) is 2.79. The molecular weight excluding hydrogens is 292 g/mol. The predicted molar refractivity (Wildman–Crippen MR) is 83.0 cm³/mol. The van der Waals surface area contributed by atoms with Gasteiger partial charge in [-0.05, 0) is 30.7 Å². The van der Waals surface area contributed by atoms with Gasteiger partial charge < -0.3 is 5.73 Å². The maximum absolute atomic E-state index is 11.2. The molecule has 106 valence electrons. The molecule has 0 aliphatic carbocycles. The van der Waals surface area contributed by atoms with Crippen molar-refractivity contribution in [2.75, 3.05) is 5.73 Å². The largest absolute Gasteiger partial charge is 0.398 e. The number of nitrogen functional groups attached to an aromatic ring is 1. The Morgan fingerprint density at radius 2 is 1.90 bits per heavy atom. The van der Waals surface area contributed by atoms with Crippen molar-refractivity contribution in [3.8, 4) is 0 Å². The first kappa shape index (κ1) is 14.9. The topological polar surface area (TPSA) is 86.2 Å². The summed E-state index contributed by atoms with van der Waals surface area (Å²) in [6, 6.07) is 12.8. The van der Waals surface area contributed by atoms with Gasteiger partial charge in [0.15, 0.2) is 0 Å². The van der Waals surface area contributed by atoms with E-state index in [1.54, 1.807) is 17.8 Å². The highest BCUT2D eigenvalue weighted by Crippen LogP contribution is 2.29. The lowest BCUT2D eigenvalue weighted by Crippen LogP contribution is -2.12. The van der Waals surface area contributed by atoms with Crippen molar-refractivity contribution in [1.29, 1.82) is 0 Å². The summed E-state index contributed by atoms with van der Waals surface area (Å²) in [5.41, 5.74) is 8.70. The summed E-state index contributed by atoms with van der Waals surface area (Å²) in [6.07, 6.45) is 0. The highest BCUT2D eigenvalue weighted by molar-refractivity contribution is 7.98. The molecule has 0 aliphatic heterocycles. The van der Waals surface area contributed by atoms with Crippen molar-refractivity contribution in [2.24, 2.45) is 5.14 Å². The molecule has 0 saturated heterocycles. The molecule has 0 atom stereocenters. The highest BCUT2D eigenvalue weighted by atomic mass is 32.2. The number of aryl methyl sites for hydroxylation is 1. The fraction of sp³-hybridized carbons (Fsp3) is 0.143. The molecule has 0 bridgehead atoms. The lowest BCUT2D eigenvalue weighted by molar-refractivity contribution is 0.598. The third kappa shape index (κ3) is 3.75. The molecule has 6 heteroatoms. The lowest BCUT2D eigenvalue weighted by Gasteiger charge is -2.07. The number of benzene rings is 2. The zero-order valence-electron chi connectivity index (χ0n) is 11.0. The van der Waals surface area contributed by atoms with Crippen molar-refractivity contribution >= 4 is 27.5 Å². The van der Waals surface area contributed by atoms with Crippen LogP contribution in [0.1, 0.15) is 11.1 Å². The number of sulfonamides is 1. The van der Waals surface area contributed by atoms with Gasteiger partial charge in [0.1, 0.15) is 0 Å². The van der Waals surface area contributed by atoms with Crippen LogP contribution in [0.15, 0.2) is 52.3 Å². The summed E-state index contributed by atoms with van der Waals surface area (Å²) in [6.45, 7) is 2.05. The van der Waals surface area contributed by atoms with Gasteiger partial charge in [-0.25, -0.2) is 13.6 Å². The Kier molecular flexibility index (Phi) is 4.37. The van der Waals surface area contributed by atoms with E-state index in [1.807, 2.05) is 19.1 Å². The van der Waals surface area contributed by atoms with Gasteiger partial charge in [-0.2, -0.15) is 0 Å². The van der Waals surface area contributed by atoms with E-state index in [1.165, 1.54) is 23.3 Å². The number of primary sulfonamides is 1. The van der Waals surface area contributed by atoms with Gasteiger partial charge in [-0.1, -0.05) is 29.8 Å². The molecule has 0 amide bonds. The van der Waals surface area contributed by atoms with E-state index in [9.17, 15) is 8.42 Å². The van der Waals surface area contributed by atoms with E-state index >= 15 is 0 Å². The molecule has 2 aromatic rings. The summed E-state index contributed by atoms with van der Waals surface area (Å²) in [7, 11) is -3.70. The fourth-order valence-electron chi connectivity index (χ4n) is 1.80. The minimum atomic E-state index is -3.70. The molecule has 2 rings (SSSR count). The smallest absolute Gasteiger partial charge is 0.238 e. The first-order valence-corrected chi connectivity index (χ1v) is 8.50. The molecule has 4 N–H and O–H groups in total. The van der Waals surface area contributed by atoms with Crippen molar-refractivity contribution < 1.29 is 8.42 Å². The quantitative estimate of drug-likeness (QED) is 0.671. The van der Waals surface area contributed by atoms with Crippen LogP contribution in [0.5, 0.6) is 0 Å². The molecule has 4 nitrogen and oxygen atoms in total. The van der Waals surface area contributed by atoms with Gasteiger partial charge in [0.05, 0.1) is 4.90 Å². The number of thioether (sulfide) groups is 1. The molecule has 2 aromatic carbocycles. The summed E-state index contributed by atoms with van der Waals surface area (Å²) in [5, 5.41) is 5.07. The maximum atomic E-state index is 11.2. The minimum Gasteiger partial charge on any atom is -0.398 e. The zero-order chi connectivity index (χ0) is 14.8. The fourth-order valence-corrected chi connectivity index (χ4v) is 3.24. The number of rotatable bonds is 4. The van der Waals surface area contributed by atoms with Gasteiger partial charge in [0, 0.05) is 16.3 Å². The van der Waals surface area contributed by atoms with E-state index in [0.29, 0.717) is 5.69 Å². The Hall–Kier alpha value is -1.50. The van der Waals surface area contributed by atoms with Gasteiger partial charge in [0.2, 0.25) is 10.0 Å². The second kappa shape index (κ2) is 5.87. The van der Waals surface area contributed by atoms with Crippen LogP contribution in [0.4, 0.5) is 5.69 Å². The van der Waals surface area contributed by atoms with Crippen LogP contribution in [-0.2, 0) is 15.8 Å². The summed E-state index contributed by atoms with van der Waals surface area (Å²) >= 11 is 1.57. The van der Waals surface area contributed by atoms with Crippen LogP contribution in [-0.4, -0.2) is 8.42 Å². The highest BCUT2D eigenvalue weighted by Gasteiger charge is 2.10. The van der Waals surface area contributed by atoms with Crippen molar-refractivity contribution in [3.05, 3.63) is 53.6 Å². The summed E-state index contributed by atoms with van der Waals surface area (Å²) in [5.74, 6) is 0.778. The Morgan fingerprint density at radius 3 is 2.50 bits per heavy atom. The molecule has 0 saturated carbocycles. The Bertz CT molecular complexity index is 728. The van der Waals surface area contributed by atoms with Crippen molar-refractivity contribution in [2.45, 2.75) is 22.5 Å². The number of nitrogens with two attached hydrogens (primary N) is 2. The monoisotopic (exact) mass is 308 g/mol. The van der Waals surface area contributed by atoms with Crippen molar-refractivity contribution in [3.63, 3.8) is 0 Å². The number of hydrogen-bond donors (Lipinski definition) is 2. The van der Waals surface area contributed by atoms with E-state index in [4.69, 9.17) is 10.9 Å². The minimum absolute atomic E-state index is 0.0369. The van der Waals surface area contributed by atoms with E-state index < -0.39 is 10.0 Å². The average molecular weight is 308 g/mol. The molecule has 0 heterocycles. The predicted octanol–water partition coefficient (Wildman–Crippen LogP) is 2.52. The standard InChI is InChI=1S/C14H16N2O2S2/c1-10-3-2-4-11(7-10)9-19-14-6-5-12(8-13(14)15)20(16,17)18/h2-8H,9,15H2,1H3,(H2,16,17,18). The number of hydrogen-bond acceptors (Lipinski definition) is 4. The van der Waals surface area contributed by atoms with Gasteiger partial charge in [0.25, 0.3) is 0 Å². The van der Waals surface area contributed by atoms with E-state index in [2.05, 4.69) is 12.1 Å². The first-order chi connectivity index (χ1) is 9.36. The van der Waals surface area contributed by atoms with Crippen LogP contribution in [0.25, 0.3) is 0 Å². The summed E-state index contributed by atoms with van der Waals surface area (Å²) < 4.78 is 22.5. The van der Waals surface area contributed by atoms with Gasteiger partial charge in [-0.3, -0.25) is 0 Å². The molecule has 0 radical (unpaired) electrons. The van der Waals surface area contributed by atoms with Gasteiger partial charge >= 0.3 is 0 Å².